The number of hydrogen-bond acceptors (Lipinski definition) is 5. The average molecular weight is 339 g/mol. The van der Waals surface area contributed by atoms with Crippen molar-refractivity contribution in [1.29, 1.82) is 0 Å². The van der Waals surface area contributed by atoms with Crippen LogP contribution in [0.2, 0.25) is 4.34 Å². The molecule has 3 atom stereocenters. The summed E-state index contributed by atoms with van der Waals surface area (Å²) in [5.74, 6) is 0.702. The van der Waals surface area contributed by atoms with Crippen molar-refractivity contribution in [2.75, 3.05) is 6.61 Å². The van der Waals surface area contributed by atoms with Gasteiger partial charge in [-0.15, -0.1) is 11.3 Å². The first-order valence-corrected chi connectivity index (χ1v) is 8.86. The molecular weight excluding hydrogens is 320 g/mol. The zero-order valence-electron chi connectivity index (χ0n) is 12.7. The van der Waals surface area contributed by atoms with E-state index in [2.05, 4.69) is 23.3 Å². The third kappa shape index (κ3) is 2.40. The van der Waals surface area contributed by atoms with Crippen molar-refractivity contribution in [2.24, 2.45) is 0 Å². The van der Waals surface area contributed by atoms with Crippen LogP contribution in [0.4, 0.5) is 0 Å². The molecule has 118 valence electrons. The van der Waals surface area contributed by atoms with Crippen molar-refractivity contribution in [2.45, 2.75) is 50.8 Å². The fraction of sp³-hybridized carbons (Fsp3) is 0.562. The third-order valence-electron chi connectivity index (χ3n) is 4.59. The number of rotatable bonds is 1. The van der Waals surface area contributed by atoms with Gasteiger partial charge in [0, 0.05) is 24.3 Å². The zero-order valence-corrected chi connectivity index (χ0v) is 14.3. The molecule has 2 aromatic rings. The molecule has 2 aliphatic heterocycles. The van der Waals surface area contributed by atoms with Gasteiger partial charge in [-0.3, -0.25) is 0 Å². The Morgan fingerprint density at radius 2 is 2.32 bits per heavy atom. The van der Waals surface area contributed by atoms with Crippen LogP contribution < -0.4 is 5.32 Å². The van der Waals surface area contributed by atoms with E-state index in [0.717, 1.165) is 35.9 Å². The highest BCUT2D eigenvalue weighted by Gasteiger charge is 2.46. The number of fused-ring (bicyclic) bond motifs is 2. The number of hydrogen-bond donors (Lipinski definition) is 1. The van der Waals surface area contributed by atoms with Crippen LogP contribution in [0.25, 0.3) is 0 Å². The number of nitrogens with zero attached hydrogens (tertiary/aromatic N) is 1. The lowest BCUT2D eigenvalue weighted by molar-refractivity contribution is -0.0957. The van der Waals surface area contributed by atoms with E-state index in [-0.39, 0.29) is 11.6 Å². The highest BCUT2D eigenvalue weighted by Crippen LogP contribution is 2.49. The second-order valence-electron chi connectivity index (χ2n) is 6.32. The number of aromatic nitrogens is 1. The Hall–Kier alpha value is -0.880. The van der Waals surface area contributed by atoms with Crippen molar-refractivity contribution in [3.05, 3.63) is 38.7 Å². The van der Waals surface area contributed by atoms with Gasteiger partial charge in [-0.2, -0.15) is 0 Å². The summed E-state index contributed by atoms with van der Waals surface area (Å²) in [6, 6.07) is 2.60. The third-order valence-corrected chi connectivity index (χ3v) is 6.08. The topological polar surface area (TPSA) is 47.3 Å². The normalized spacial score (nSPS) is 31.4. The molecule has 2 aromatic heterocycles. The number of piperidine rings is 1. The first-order chi connectivity index (χ1) is 10.6. The molecule has 0 bridgehead atoms. The molecule has 4 nitrogen and oxygen atoms in total. The van der Waals surface area contributed by atoms with Crippen molar-refractivity contribution >= 4 is 22.9 Å². The largest absolute Gasteiger partial charge is 0.449 e. The van der Waals surface area contributed by atoms with Gasteiger partial charge in [0.1, 0.15) is 11.9 Å². The van der Waals surface area contributed by atoms with E-state index < -0.39 is 0 Å². The molecule has 0 radical (unpaired) electrons. The molecule has 0 amide bonds. The summed E-state index contributed by atoms with van der Waals surface area (Å²) in [7, 11) is 0. The van der Waals surface area contributed by atoms with Gasteiger partial charge < -0.3 is 14.5 Å². The Morgan fingerprint density at radius 3 is 3.09 bits per heavy atom. The number of aryl methyl sites for hydroxylation is 1. The van der Waals surface area contributed by atoms with Gasteiger partial charge in [-0.25, -0.2) is 4.98 Å². The van der Waals surface area contributed by atoms with Crippen LogP contribution in [-0.4, -0.2) is 17.6 Å². The monoisotopic (exact) mass is 338 g/mol. The highest BCUT2D eigenvalue weighted by atomic mass is 35.5. The Labute approximate surface area is 138 Å². The van der Waals surface area contributed by atoms with Crippen LogP contribution in [0.3, 0.4) is 0 Å². The van der Waals surface area contributed by atoms with Crippen LogP contribution in [0.1, 0.15) is 47.8 Å². The maximum absolute atomic E-state index is 6.33. The summed E-state index contributed by atoms with van der Waals surface area (Å²) in [4.78, 5) is 5.81. The standard InChI is InChI=1S/C16H19ClN2O2S/c1-9-6-16(7-12(18-9)13-8-20-10(2)19-13)15-11(3-4-21-16)5-14(17)22-15/h5,8-9,12,18H,3-4,6-7H2,1-2H3/t9-,12-,16-/m0/s1. The average Bonchev–Trinajstić information content (AvgIpc) is 3.04. The zero-order chi connectivity index (χ0) is 15.3. The Balaban J connectivity index is 1.72. The van der Waals surface area contributed by atoms with E-state index in [0.29, 0.717) is 11.9 Å². The number of nitrogens with one attached hydrogen (secondary N) is 1. The predicted octanol–water partition coefficient (Wildman–Crippen LogP) is 3.98. The molecule has 2 aliphatic rings. The number of ether oxygens (including phenoxy) is 1. The SMILES string of the molecule is Cc1nc([C@@H]2C[C@]3(C[C@H](C)N2)OCCc2cc(Cl)sc23)co1. The number of halogens is 1. The number of thiophene rings is 1. The molecule has 0 aliphatic carbocycles. The van der Waals surface area contributed by atoms with Crippen LogP contribution in [0, 0.1) is 6.92 Å². The van der Waals surface area contributed by atoms with Crippen LogP contribution in [0.15, 0.2) is 16.7 Å². The number of oxazole rings is 1. The van der Waals surface area contributed by atoms with Gasteiger partial charge in [0.05, 0.1) is 22.7 Å². The van der Waals surface area contributed by atoms with Gasteiger partial charge >= 0.3 is 0 Å². The smallest absolute Gasteiger partial charge is 0.191 e. The highest BCUT2D eigenvalue weighted by molar-refractivity contribution is 7.16. The molecule has 1 N–H and O–H groups in total. The fourth-order valence-electron chi connectivity index (χ4n) is 3.79. The van der Waals surface area contributed by atoms with Crippen LogP contribution in [-0.2, 0) is 16.8 Å². The maximum atomic E-state index is 6.33. The van der Waals surface area contributed by atoms with Crippen molar-refractivity contribution < 1.29 is 9.15 Å². The van der Waals surface area contributed by atoms with E-state index in [1.165, 1.54) is 10.4 Å². The summed E-state index contributed by atoms with van der Waals surface area (Å²) in [6.45, 7) is 4.84. The van der Waals surface area contributed by atoms with Gasteiger partial charge in [0.2, 0.25) is 0 Å². The summed E-state index contributed by atoms with van der Waals surface area (Å²) in [5.41, 5.74) is 2.07. The summed E-state index contributed by atoms with van der Waals surface area (Å²) in [6.07, 6.45) is 4.54. The molecule has 4 heterocycles. The van der Waals surface area contributed by atoms with E-state index in [4.69, 9.17) is 20.8 Å². The Morgan fingerprint density at radius 1 is 1.45 bits per heavy atom. The van der Waals surface area contributed by atoms with E-state index in [9.17, 15) is 0 Å². The second-order valence-corrected chi connectivity index (χ2v) is 8.00. The molecule has 0 saturated carbocycles. The fourth-order valence-corrected chi connectivity index (χ4v) is 5.25. The van der Waals surface area contributed by atoms with Crippen LogP contribution in [0.5, 0.6) is 0 Å². The van der Waals surface area contributed by atoms with Gasteiger partial charge in [-0.05, 0) is 31.4 Å². The molecule has 1 spiro atoms. The van der Waals surface area contributed by atoms with Crippen molar-refractivity contribution in [3.8, 4) is 0 Å². The van der Waals surface area contributed by atoms with E-state index in [1.54, 1.807) is 17.6 Å². The maximum Gasteiger partial charge on any atom is 0.191 e. The summed E-state index contributed by atoms with van der Waals surface area (Å²) in [5, 5.41) is 3.62. The molecule has 1 saturated heterocycles. The summed E-state index contributed by atoms with van der Waals surface area (Å²) >= 11 is 7.94. The molecule has 1 fully saturated rings. The Bertz CT molecular complexity index is 698. The summed E-state index contributed by atoms with van der Waals surface area (Å²) < 4.78 is 12.6. The first-order valence-electron chi connectivity index (χ1n) is 7.66. The van der Waals surface area contributed by atoms with Gasteiger partial charge in [0.25, 0.3) is 0 Å². The van der Waals surface area contributed by atoms with Crippen LogP contribution >= 0.6 is 22.9 Å². The van der Waals surface area contributed by atoms with Gasteiger partial charge in [0.15, 0.2) is 5.89 Å². The predicted molar refractivity (Wildman–Crippen MR) is 86.5 cm³/mol. The molecule has 4 rings (SSSR count). The van der Waals surface area contributed by atoms with Gasteiger partial charge in [-0.1, -0.05) is 11.6 Å². The van der Waals surface area contributed by atoms with Crippen molar-refractivity contribution in [3.63, 3.8) is 0 Å². The van der Waals surface area contributed by atoms with E-state index in [1.807, 2.05) is 6.92 Å². The Kier molecular flexibility index (Phi) is 3.57. The lowest BCUT2D eigenvalue weighted by Gasteiger charge is -2.45. The van der Waals surface area contributed by atoms with Crippen molar-refractivity contribution in [1.82, 2.24) is 10.3 Å². The quantitative estimate of drug-likeness (QED) is 0.854. The lowest BCUT2D eigenvalue weighted by Crippen LogP contribution is -2.49. The molecule has 6 heteroatoms. The lowest BCUT2D eigenvalue weighted by atomic mass is 9.79. The molecular formula is C16H19ClN2O2S. The van der Waals surface area contributed by atoms with E-state index >= 15 is 0 Å². The first kappa shape index (κ1) is 14.7. The minimum Gasteiger partial charge on any atom is -0.449 e. The minimum atomic E-state index is -0.242. The second kappa shape index (κ2) is 5.34. The molecule has 0 aromatic carbocycles. The molecule has 0 unspecified atom stereocenters. The molecule has 22 heavy (non-hydrogen) atoms. The minimum absolute atomic E-state index is 0.146.